The number of carbonyl (C=O) groups excluding carboxylic acids is 1. The highest BCUT2D eigenvalue weighted by Gasteiger charge is 2.24. The third-order valence-electron chi connectivity index (χ3n) is 3.53. The Balaban J connectivity index is 2.20. The molecule has 9 nitrogen and oxygen atoms in total. The highest BCUT2D eigenvalue weighted by molar-refractivity contribution is 7.17. The van der Waals surface area contributed by atoms with E-state index in [1.807, 2.05) is 5.43 Å². The predicted octanol–water partition coefficient (Wildman–Crippen LogP) is 2.40. The summed E-state index contributed by atoms with van der Waals surface area (Å²) in [5.41, 5.74) is 2.57. The molecule has 0 saturated heterocycles. The van der Waals surface area contributed by atoms with Crippen LogP contribution in [0.5, 0.6) is 11.5 Å². The molecule has 0 unspecified atom stereocenters. The highest BCUT2D eigenvalue weighted by atomic mass is 32.1. The monoisotopic (exact) mass is 372 g/mol. The molecule has 0 aliphatic heterocycles. The molecule has 0 saturated carbocycles. The van der Waals surface area contributed by atoms with Crippen molar-refractivity contribution >= 4 is 22.9 Å². The zero-order valence-corrected chi connectivity index (χ0v) is 13.9. The second-order valence-corrected chi connectivity index (χ2v) is 6.16. The van der Waals surface area contributed by atoms with E-state index >= 15 is 0 Å². The van der Waals surface area contributed by atoms with Crippen LogP contribution in [0.3, 0.4) is 0 Å². The molecule has 2 aromatic carbocycles. The molecule has 0 aliphatic rings. The summed E-state index contributed by atoms with van der Waals surface area (Å²) < 4.78 is 0. The number of phenols is 2. The Bertz CT molecular complexity index is 1000. The van der Waals surface area contributed by atoms with Gasteiger partial charge in [-0.2, -0.15) is 0 Å². The molecule has 3 aromatic rings. The first-order valence-corrected chi connectivity index (χ1v) is 8.02. The first-order valence-electron chi connectivity index (χ1n) is 7.20. The van der Waals surface area contributed by atoms with Crippen molar-refractivity contribution in [3.05, 3.63) is 57.5 Å². The van der Waals surface area contributed by atoms with Crippen LogP contribution in [0, 0.1) is 10.1 Å². The summed E-state index contributed by atoms with van der Waals surface area (Å²) in [7, 11) is 0. The van der Waals surface area contributed by atoms with E-state index in [4.69, 9.17) is 5.84 Å². The van der Waals surface area contributed by atoms with Gasteiger partial charge in [0.1, 0.15) is 9.88 Å². The van der Waals surface area contributed by atoms with Crippen LogP contribution in [-0.2, 0) is 0 Å². The van der Waals surface area contributed by atoms with Crippen molar-refractivity contribution in [2.45, 2.75) is 0 Å². The Morgan fingerprint density at radius 1 is 1.19 bits per heavy atom. The van der Waals surface area contributed by atoms with Gasteiger partial charge in [-0.1, -0.05) is 30.3 Å². The minimum Gasteiger partial charge on any atom is -0.504 e. The number of hydrogen-bond donors (Lipinski definition) is 4. The van der Waals surface area contributed by atoms with Gasteiger partial charge in [0.15, 0.2) is 5.75 Å². The Labute approximate surface area is 150 Å². The number of nitro benzene ring substituents is 1. The predicted molar refractivity (Wildman–Crippen MR) is 94.6 cm³/mol. The summed E-state index contributed by atoms with van der Waals surface area (Å²) in [6, 6.07) is 11.1. The molecule has 1 heterocycles. The average Bonchev–Trinajstić information content (AvgIpc) is 3.09. The number of aromatic nitrogens is 1. The standard InChI is InChI=1S/C16H12N4O5S/c17-19-15(23)14-12(8-4-2-1-3-5-8)18-16(26-14)9-6-10(20(24)25)13(22)11(21)7-9/h1-7,21-22H,17H2,(H,19,23). The van der Waals surface area contributed by atoms with E-state index < -0.39 is 28.0 Å². The Kier molecular flexibility index (Phi) is 4.52. The number of benzene rings is 2. The molecule has 0 bridgehead atoms. The summed E-state index contributed by atoms with van der Waals surface area (Å²) >= 11 is 0.957. The van der Waals surface area contributed by atoms with Gasteiger partial charge < -0.3 is 10.2 Å². The van der Waals surface area contributed by atoms with Crippen LogP contribution in [0.4, 0.5) is 5.69 Å². The highest BCUT2D eigenvalue weighted by Crippen LogP contribution is 2.41. The molecular weight excluding hydrogens is 360 g/mol. The van der Waals surface area contributed by atoms with Crippen molar-refractivity contribution in [3.63, 3.8) is 0 Å². The smallest absolute Gasteiger partial charge is 0.315 e. The Hall–Kier alpha value is -3.50. The van der Waals surface area contributed by atoms with Crippen molar-refractivity contribution in [1.29, 1.82) is 0 Å². The number of hydrogen-bond acceptors (Lipinski definition) is 8. The summed E-state index contributed by atoms with van der Waals surface area (Å²) in [5, 5.41) is 30.7. The SMILES string of the molecule is NNC(=O)c1sc(-c2cc(O)c(O)c([N+](=O)[O-])c2)nc1-c1ccccc1. The molecule has 5 N–H and O–H groups in total. The number of amides is 1. The largest absolute Gasteiger partial charge is 0.504 e. The fourth-order valence-electron chi connectivity index (χ4n) is 2.32. The summed E-state index contributed by atoms with van der Waals surface area (Å²) in [4.78, 5) is 26.9. The van der Waals surface area contributed by atoms with Crippen molar-refractivity contribution < 1.29 is 19.9 Å². The summed E-state index contributed by atoms with van der Waals surface area (Å²) in [6.07, 6.45) is 0. The number of nitrogens with one attached hydrogen (secondary N) is 1. The topological polar surface area (TPSA) is 152 Å². The second kappa shape index (κ2) is 6.78. The van der Waals surface area contributed by atoms with Gasteiger partial charge in [-0.3, -0.25) is 20.3 Å². The van der Waals surface area contributed by atoms with Crippen LogP contribution in [-0.4, -0.2) is 26.0 Å². The normalized spacial score (nSPS) is 10.5. The number of nitrogens with two attached hydrogens (primary N) is 1. The number of aromatic hydroxyl groups is 2. The van der Waals surface area contributed by atoms with Crippen molar-refractivity contribution in [2.24, 2.45) is 5.84 Å². The van der Waals surface area contributed by atoms with Gasteiger partial charge >= 0.3 is 5.69 Å². The number of phenolic OH excluding ortho intramolecular Hbond substituents is 2. The number of nitrogen functional groups attached to an aromatic ring is 1. The first kappa shape index (κ1) is 17.3. The lowest BCUT2D eigenvalue weighted by atomic mass is 10.1. The lowest BCUT2D eigenvalue weighted by Gasteiger charge is -2.02. The lowest BCUT2D eigenvalue weighted by molar-refractivity contribution is -0.385. The number of thiazole rings is 1. The van der Waals surface area contributed by atoms with Gasteiger partial charge in [0, 0.05) is 17.2 Å². The van der Waals surface area contributed by atoms with E-state index in [0.717, 1.165) is 23.5 Å². The van der Waals surface area contributed by atoms with Crippen LogP contribution in [0.1, 0.15) is 9.67 Å². The van der Waals surface area contributed by atoms with Gasteiger partial charge in [-0.05, 0) is 6.07 Å². The number of rotatable bonds is 4. The van der Waals surface area contributed by atoms with Crippen LogP contribution in [0.2, 0.25) is 0 Å². The zero-order valence-electron chi connectivity index (χ0n) is 13.0. The fraction of sp³-hybridized carbons (Fsp3) is 0. The van der Waals surface area contributed by atoms with E-state index in [0.29, 0.717) is 11.3 Å². The zero-order chi connectivity index (χ0) is 18.8. The van der Waals surface area contributed by atoms with Gasteiger partial charge in [-0.15, -0.1) is 11.3 Å². The van der Waals surface area contributed by atoms with Crippen molar-refractivity contribution in [2.75, 3.05) is 0 Å². The Morgan fingerprint density at radius 2 is 1.88 bits per heavy atom. The van der Waals surface area contributed by atoms with Crippen LogP contribution >= 0.6 is 11.3 Å². The van der Waals surface area contributed by atoms with Gasteiger partial charge in [0.25, 0.3) is 5.91 Å². The molecule has 26 heavy (non-hydrogen) atoms. The quantitative estimate of drug-likeness (QED) is 0.180. The number of nitrogens with zero attached hydrogens (tertiary/aromatic N) is 2. The first-order chi connectivity index (χ1) is 12.4. The maximum atomic E-state index is 12.1. The van der Waals surface area contributed by atoms with E-state index in [1.165, 1.54) is 0 Å². The molecule has 0 spiro atoms. The Morgan fingerprint density at radius 3 is 2.50 bits per heavy atom. The number of carbonyl (C=O) groups is 1. The third-order valence-corrected chi connectivity index (χ3v) is 4.63. The third kappa shape index (κ3) is 3.06. The van der Waals surface area contributed by atoms with E-state index in [-0.39, 0.29) is 15.4 Å². The number of nitro groups is 1. The van der Waals surface area contributed by atoms with Crippen molar-refractivity contribution in [3.8, 4) is 33.3 Å². The molecule has 0 radical (unpaired) electrons. The number of hydrazine groups is 1. The fourth-order valence-corrected chi connectivity index (χ4v) is 3.30. The van der Waals surface area contributed by atoms with Gasteiger partial charge in [-0.25, -0.2) is 10.8 Å². The minimum atomic E-state index is -0.835. The molecule has 0 atom stereocenters. The molecule has 0 fully saturated rings. The van der Waals surface area contributed by atoms with E-state index in [2.05, 4.69) is 4.98 Å². The maximum absolute atomic E-state index is 12.1. The van der Waals surface area contributed by atoms with Gasteiger partial charge in [0.2, 0.25) is 5.75 Å². The van der Waals surface area contributed by atoms with E-state index in [1.54, 1.807) is 30.3 Å². The van der Waals surface area contributed by atoms with Gasteiger partial charge in [0.05, 0.1) is 10.6 Å². The molecule has 1 aromatic heterocycles. The van der Waals surface area contributed by atoms with Crippen LogP contribution in [0.25, 0.3) is 21.8 Å². The molecule has 0 aliphatic carbocycles. The lowest BCUT2D eigenvalue weighted by Crippen LogP contribution is -2.29. The van der Waals surface area contributed by atoms with Crippen LogP contribution < -0.4 is 11.3 Å². The molecule has 3 rings (SSSR count). The molecule has 132 valence electrons. The second-order valence-electron chi connectivity index (χ2n) is 5.16. The molecule has 1 amide bonds. The van der Waals surface area contributed by atoms with Crippen LogP contribution in [0.15, 0.2) is 42.5 Å². The molecular formula is C16H12N4O5S. The van der Waals surface area contributed by atoms with E-state index in [9.17, 15) is 25.1 Å². The van der Waals surface area contributed by atoms with Crippen molar-refractivity contribution in [1.82, 2.24) is 10.4 Å². The average molecular weight is 372 g/mol. The maximum Gasteiger partial charge on any atom is 0.315 e. The molecule has 10 heteroatoms. The minimum absolute atomic E-state index is 0.185. The summed E-state index contributed by atoms with van der Waals surface area (Å²) in [5.74, 6) is 3.17. The summed E-state index contributed by atoms with van der Waals surface area (Å²) in [6.45, 7) is 0.